The molecular formula is C19H27ClN2O. The van der Waals surface area contributed by atoms with E-state index in [2.05, 4.69) is 40.5 Å². The molecular weight excluding hydrogens is 308 g/mol. The maximum absolute atomic E-state index is 13.4. The summed E-state index contributed by atoms with van der Waals surface area (Å²) in [4.78, 5) is 15.7. The Morgan fingerprint density at radius 2 is 1.87 bits per heavy atom. The Morgan fingerprint density at radius 3 is 2.57 bits per heavy atom. The van der Waals surface area contributed by atoms with Crippen molar-refractivity contribution in [3.05, 3.63) is 35.9 Å². The molecule has 1 aliphatic carbocycles. The van der Waals surface area contributed by atoms with Crippen LogP contribution in [0.2, 0.25) is 0 Å². The lowest BCUT2D eigenvalue weighted by Crippen LogP contribution is -2.53. The molecule has 3 aliphatic rings. The minimum Gasteiger partial charge on any atom is -0.335 e. The monoisotopic (exact) mass is 334 g/mol. The van der Waals surface area contributed by atoms with Crippen molar-refractivity contribution in [2.24, 2.45) is 5.41 Å². The van der Waals surface area contributed by atoms with Crippen LogP contribution in [-0.2, 0) is 11.2 Å². The number of fused-ring (bicyclic) bond motifs is 2. The molecule has 0 spiro atoms. The van der Waals surface area contributed by atoms with Gasteiger partial charge in [-0.15, -0.1) is 12.4 Å². The minimum absolute atomic E-state index is 0. The van der Waals surface area contributed by atoms with Gasteiger partial charge in [0.1, 0.15) is 0 Å². The zero-order chi connectivity index (χ0) is 15.0. The first-order valence-electron chi connectivity index (χ1n) is 8.86. The molecule has 2 bridgehead atoms. The predicted octanol–water partition coefficient (Wildman–Crippen LogP) is 3.17. The molecule has 2 saturated heterocycles. The van der Waals surface area contributed by atoms with Gasteiger partial charge in [0.2, 0.25) is 5.91 Å². The third-order valence-electron chi connectivity index (χ3n) is 6.04. The molecule has 1 saturated carbocycles. The number of hydrogen-bond acceptors (Lipinski definition) is 2. The number of carbonyl (C=O) groups is 1. The first kappa shape index (κ1) is 16.8. The molecule has 23 heavy (non-hydrogen) atoms. The Balaban J connectivity index is 0.00000156. The average molecular weight is 335 g/mol. The smallest absolute Gasteiger partial charge is 0.229 e. The molecule has 1 N–H and O–H groups in total. The molecule has 3 nitrogen and oxygen atoms in total. The van der Waals surface area contributed by atoms with Crippen LogP contribution in [-0.4, -0.2) is 36.0 Å². The van der Waals surface area contributed by atoms with Gasteiger partial charge in [-0.2, -0.15) is 0 Å². The van der Waals surface area contributed by atoms with Crippen molar-refractivity contribution in [1.29, 1.82) is 0 Å². The molecule has 2 atom stereocenters. The van der Waals surface area contributed by atoms with Gasteiger partial charge in [0, 0.05) is 18.6 Å². The van der Waals surface area contributed by atoms with E-state index >= 15 is 0 Å². The Kier molecular flexibility index (Phi) is 4.98. The Morgan fingerprint density at radius 1 is 1.13 bits per heavy atom. The van der Waals surface area contributed by atoms with Gasteiger partial charge < -0.3 is 10.2 Å². The van der Waals surface area contributed by atoms with Crippen LogP contribution in [0.5, 0.6) is 0 Å². The number of hydrogen-bond donors (Lipinski definition) is 1. The van der Waals surface area contributed by atoms with Crippen molar-refractivity contribution in [2.75, 3.05) is 13.1 Å². The summed E-state index contributed by atoms with van der Waals surface area (Å²) < 4.78 is 0. The Hall–Kier alpha value is -1.06. The Bertz CT molecular complexity index is 530. The number of nitrogens with one attached hydrogen (secondary N) is 1. The second-order valence-electron chi connectivity index (χ2n) is 7.39. The lowest BCUT2D eigenvalue weighted by Gasteiger charge is -2.45. The van der Waals surface area contributed by atoms with Crippen molar-refractivity contribution in [3.63, 3.8) is 0 Å². The van der Waals surface area contributed by atoms with E-state index in [-0.39, 0.29) is 17.8 Å². The number of carbonyl (C=O) groups excluding carboxylic acids is 1. The fraction of sp³-hybridized carbons (Fsp3) is 0.632. The summed E-state index contributed by atoms with van der Waals surface area (Å²) in [5.74, 6) is 0.457. The minimum atomic E-state index is -0.105. The lowest BCUT2D eigenvalue weighted by molar-refractivity contribution is -0.150. The highest BCUT2D eigenvalue weighted by Gasteiger charge is 2.50. The van der Waals surface area contributed by atoms with Gasteiger partial charge in [-0.25, -0.2) is 0 Å². The van der Waals surface area contributed by atoms with Crippen molar-refractivity contribution < 1.29 is 4.79 Å². The number of nitrogens with zero attached hydrogens (tertiary/aromatic N) is 1. The van der Waals surface area contributed by atoms with E-state index in [4.69, 9.17) is 0 Å². The summed E-state index contributed by atoms with van der Waals surface area (Å²) >= 11 is 0. The molecule has 1 aromatic rings. The second kappa shape index (κ2) is 6.82. The third kappa shape index (κ3) is 3.01. The van der Waals surface area contributed by atoms with Crippen molar-refractivity contribution >= 4 is 18.3 Å². The van der Waals surface area contributed by atoms with Gasteiger partial charge in [0.15, 0.2) is 0 Å². The summed E-state index contributed by atoms with van der Waals surface area (Å²) in [6, 6.07) is 11.5. The van der Waals surface area contributed by atoms with Gasteiger partial charge in [0.25, 0.3) is 0 Å². The lowest BCUT2D eigenvalue weighted by atomic mass is 9.64. The van der Waals surface area contributed by atoms with Gasteiger partial charge >= 0.3 is 0 Å². The first-order chi connectivity index (χ1) is 10.8. The number of amides is 1. The topological polar surface area (TPSA) is 32.3 Å². The van der Waals surface area contributed by atoms with Crippen molar-refractivity contribution in [2.45, 2.75) is 57.0 Å². The highest BCUT2D eigenvalue weighted by molar-refractivity contribution is 5.85. The van der Waals surface area contributed by atoms with E-state index in [0.717, 1.165) is 38.8 Å². The summed E-state index contributed by atoms with van der Waals surface area (Å²) in [6.07, 6.45) is 7.80. The highest BCUT2D eigenvalue weighted by atomic mass is 35.5. The second-order valence-corrected chi connectivity index (χ2v) is 7.39. The van der Waals surface area contributed by atoms with Crippen LogP contribution in [0.1, 0.15) is 44.1 Å². The Labute approximate surface area is 145 Å². The molecule has 2 unspecified atom stereocenters. The van der Waals surface area contributed by atoms with Crippen LogP contribution in [0.3, 0.4) is 0 Å². The fourth-order valence-corrected chi connectivity index (χ4v) is 4.64. The molecule has 1 aromatic carbocycles. The van der Waals surface area contributed by atoms with Crippen LogP contribution in [0.25, 0.3) is 0 Å². The molecule has 2 heterocycles. The molecule has 4 heteroatoms. The van der Waals surface area contributed by atoms with Crippen molar-refractivity contribution in [3.8, 4) is 0 Å². The normalized spacial score (nSPS) is 28.4. The highest BCUT2D eigenvalue weighted by Crippen LogP contribution is 2.47. The number of rotatable bonds is 3. The maximum Gasteiger partial charge on any atom is 0.229 e. The van der Waals surface area contributed by atoms with Gasteiger partial charge in [-0.1, -0.05) is 36.8 Å². The van der Waals surface area contributed by atoms with E-state index in [1.807, 2.05) is 0 Å². The van der Waals surface area contributed by atoms with E-state index in [1.165, 1.54) is 24.8 Å². The molecule has 4 rings (SSSR count). The van der Waals surface area contributed by atoms with Gasteiger partial charge in [-0.05, 0) is 50.6 Å². The molecule has 3 fully saturated rings. The van der Waals surface area contributed by atoms with Crippen LogP contribution in [0.4, 0.5) is 0 Å². The third-order valence-corrected chi connectivity index (χ3v) is 6.04. The first-order valence-corrected chi connectivity index (χ1v) is 8.86. The molecule has 2 aliphatic heterocycles. The molecule has 126 valence electrons. The zero-order valence-electron chi connectivity index (χ0n) is 13.7. The number of halogens is 1. The molecule has 0 aromatic heterocycles. The zero-order valence-corrected chi connectivity index (χ0v) is 14.5. The van der Waals surface area contributed by atoms with Gasteiger partial charge in [-0.3, -0.25) is 4.79 Å². The maximum atomic E-state index is 13.4. The van der Waals surface area contributed by atoms with E-state index < -0.39 is 0 Å². The van der Waals surface area contributed by atoms with E-state index in [1.54, 1.807) is 0 Å². The molecule has 1 amide bonds. The van der Waals surface area contributed by atoms with Crippen LogP contribution in [0.15, 0.2) is 30.3 Å². The van der Waals surface area contributed by atoms with E-state index in [0.29, 0.717) is 18.0 Å². The summed E-state index contributed by atoms with van der Waals surface area (Å²) in [5.41, 5.74) is 1.21. The van der Waals surface area contributed by atoms with E-state index in [9.17, 15) is 4.79 Å². The average Bonchev–Trinajstić information content (AvgIpc) is 2.76. The summed E-state index contributed by atoms with van der Waals surface area (Å²) in [7, 11) is 0. The van der Waals surface area contributed by atoms with Crippen LogP contribution < -0.4 is 5.32 Å². The summed E-state index contributed by atoms with van der Waals surface area (Å²) in [6.45, 7) is 2.06. The number of benzene rings is 1. The van der Waals surface area contributed by atoms with Crippen molar-refractivity contribution in [1.82, 2.24) is 10.2 Å². The quantitative estimate of drug-likeness (QED) is 0.920. The SMILES string of the molecule is Cl.O=C(N1C2CCNCC1CC2)C1(Cc2ccccc2)CCC1. The van der Waals surface area contributed by atoms with Gasteiger partial charge in [0.05, 0.1) is 5.41 Å². The van der Waals surface area contributed by atoms with Crippen LogP contribution in [0, 0.1) is 5.41 Å². The predicted molar refractivity (Wildman–Crippen MR) is 94.8 cm³/mol. The summed E-state index contributed by atoms with van der Waals surface area (Å²) in [5, 5.41) is 3.51. The standard InChI is InChI=1S/C19H26N2O.ClH/c22-18(21-16-7-8-17(21)14-20-12-9-16)19(10-4-11-19)13-15-5-2-1-3-6-15;/h1-3,5-6,16-17,20H,4,7-14H2;1H. The van der Waals surface area contributed by atoms with Crippen LogP contribution >= 0.6 is 12.4 Å². The molecule has 0 radical (unpaired) electrons. The fourth-order valence-electron chi connectivity index (χ4n) is 4.64. The largest absolute Gasteiger partial charge is 0.335 e.